The molecule has 0 saturated carbocycles. The Bertz CT molecular complexity index is 398. The van der Waals surface area contributed by atoms with Crippen LogP contribution in [0.1, 0.15) is 57.6 Å². The first-order valence-electron chi connectivity index (χ1n) is 7.98. The Hall–Kier alpha value is -1.55. The number of rotatable bonds is 10. The summed E-state index contributed by atoms with van der Waals surface area (Å²) >= 11 is 0. The van der Waals surface area contributed by atoms with Crippen molar-refractivity contribution in [2.24, 2.45) is 10.9 Å². The molecule has 0 heterocycles. The topological polar surface area (TPSA) is 61.8 Å². The van der Waals surface area contributed by atoms with Gasteiger partial charge in [0.25, 0.3) is 0 Å². The maximum atomic E-state index is 8.91. The van der Waals surface area contributed by atoms with E-state index in [1.165, 1.54) is 31.2 Å². The number of nitrogens with zero attached hydrogens (tertiary/aromatic N) is 2. The van der Waals surface area contributed by atoms with Crippen LogP contribution in [-0.4, -0.2) is 29.0 Å². The molecule has 0 aliphatic rings. The smallest absolute Gasteiger partial charge is 0.141 e. The van der Waals surface area contributed by atoms with Crippen LogP contribution in [0.4, 0.5) is 0 Å². The molecule has 1 atom stereocenters. The lowest BCUT2D eigenvalue weighted by Gasteiger charge is -2.32. The maximum absolute atomic E-state index is 8.91. The van der Waals surface area contributed by atoms with Crippen molar-refractivity contribution in [2.45, 2.75) is 52.0 Å². The second kappa shape index (κ2) is 10.2. The number of nitrogens with two attached hydrogens (primary N) is 1. The highest BCUT2D eigenvalue weighted by molar-refractivity contribution is 5.80. The van der Waals surface area contributed by atoms with Crippen LogP contribution in [0.15, 0.2) is 35.5 Å². The summed E-state index contributed by atoms with van der Waals surface area (Å²) in [5.74, 6) is 0.293. The molecule has 0 saturated heterocycles. The summed E-state index contributed by atoms with van der Waals surface area (Å²) in [5, 5.41) is 12.1. The van der Waals surface area contributed by atoms with Gasteiger partial charge >= 0.3 is 0 Å². The minimum absolute atomic E-state index is 0.181. The monoisotopic (exact) mass is 291 g/mol. The zero-order chi connectivity index (χ0) is 15.5. The molecule has 0 spiro atoms. The molecule has 4 nitrogen and oxygen atoms in total. The van der Waals surface area contributed by atoms with Crippen molar-refractivity contribution in [3.8, 4) is 0 Å². The van der Waals surface area contributed by atoms with Gasteiger partial charge in [0.2, 0.25) is 0 Å². The molecule has 21 heavy (non-hydrogen) atoms. The molecule has 4 heteroatoms. The van der Waals surface area contributed by atoms with Crippen LogP contribution in [0, 0.1) is 0 Å². The van der Waals surface area contributed by atoms with Gasteiger partial charge in [-0.2, -0.15) is 0 Å². The average molecular weight is 291 g/mol. The minimum Gasteiger partial charge on any atom is -0.409 e. The van der Waals surface area contributed by atoms with Gasteiger partial charge in [-0.15, -0.1) is 0 Å². The van der Waals surface area contributed by atoms with Crippen LogP contribution in [0.5, 0.6) is 0 Å². The first-order chi connectivity index (χ1) is 10.2. The van der Waals surface area contributed by atoms with Crippen LogP contribution in [-0.2, 0) is 0 Å². The lowest BCUT2D eigenvalue weighted by atomic mass is 10.0. The van der Waals surface area contributed by atoms with Gasteiger partial charge in [-0.05, 0) is 31.5 Å². The fourth-order valence-corrected chi connectivity index (χ4v) is 2.52. The normalized spacial score (nSPS) is 13.6. The van der Waals surface area contributed by atoms with Crippen LogP contribution in [0.3, 0.4) is 0 Å². The van der Waals surface area contributed by atoms with Crippen LogP contribution < -0.4 is 5.73 Å². The highest BCUT2D eigenvalue weighted by atomic mass is 16.4. The van der Waals surface area contributed by atoms with Crippen molar-refractivity contribution in [3.63, 3.8) is 0 Å². The molecule has 1 aromatic rings. The van der Waals surface area contributed by atoms with E-state index in [0.717, 1.165) is 13.1 Å². The van der Waals surface area contributed by atoms with Crippen LogP contribution in [0.2, 0.25) is 0 Å². The number of hydrogen-bond donors (Lipinski definition) is 2. The number of hydrogen-bond acceptors (Lipinski definition) is 3. The van der Waals surface area contributed by atoms with Gasteiger partial charge in [0.1, 0.15) is 5.84 Å². The van der Waals surface area contributed by atoms with Gasteiger partial charge in [0, 0.05) is 12.5 Å². The average Bonchev–Trinajstić information content (AvgIpc) is 2.54. The molecule has 0 bridgehead atoms. The number of unbranched alkanes of at least 4 members (excludes halogenated alkanes) is 2. The standard InChI is InChI=1S/C17H29N3O/c1-3-5-12-20(13-6-4-2)16(14-17(18)19-21)15-10-8-7-9-11-15/h7-11,16,21H,3-6,12-14H2,1-2H3,(H2,18,19). The first-order valence-corrected chi connectivity index (χ1v) is 7.98. The third-order valence-corrected chi connectivity index (χ3v) is 3.75. The summed E-state index contributed by atoms with van der Waals surface area (Å²) in [4.78, 5) is 2.47. The molecule has 1 unspecified atom stereocenters. The van der Waals surface area contributed by atoms with E-state index in [4.69, 9.17) is 10.9 Å². The highest BCUT2D eigenvalue weighted by Gasteiger charge is 2.21. The quantitative estimate of drug-likeness (QED) is 0.298. The van der Waals surface area contributed by atoms with E-state index in [1.807, 2.05) is 18.2 Å². The lowest BCUT2D eigenvalue weighted by Crippen LogP contribution is -2.33. The Balaban J connectivity index is 2.93. The van der Waals surface area contributed by atoms with E-state index in [0.29, 0.717) is 12.3 Å². The predicted molar refractivity (Wildman–Crippen MR) is 88.6 cm³/mol. The summed E-state index contributed by atoms with van der Waals surface area (Å²) in [6.07, 6.45) is 5.25. The number of oxime groups is 1. The van der Waals surface area contributed by atoms with Crippen molar-refractivity contribution in [1.82, 2.24) is 4.90 Å². The molecule has 1 rings (SSSR count). The number of amidine groups is 1. The summed E-state index contributed by atoms with van der Waals surface area (Å²) in [5.41, 5.74) is 7.01. The van der Waals surface area contributed by atoms with E-state index >= 15 is 0 Å². The van der Waals surface area contributed by atoms with Crippen LogP contribution in [0.25, 0.3) is 0 Å². The van der Waals surface area contributed by atoms with Crippen molar-refractivity contribution in [1.29, 1.82) is 0 Å². The molecule has 0 radical (unpaired) electrons. The summed E-state index contributed by atoms with van der Waals surface area (Å²) in [6, 6.07) is 10.5. The van der Waals surface area contributed by atoms with Gasteiger partial charge in [-0.25, -0.2) is 0 Å². The van der Waals surface area contributed by atoms with Crippen LogP contribution >= 0.6 is 0 Å². The number of benzene rings is 1. The van der Waals surface area contributed by atoms with Gasteiger partial charge in [-0.3, -0.25) is 4.90 Å². The lowest BCUT2D eigenvalue weighted by molar-refractivity contribution is 0.193. The Kier molecular flexibility index (Phi) is 8.51. The second-order valence-electron chi connectivity index (χ2n) is 5.47. The summed E-state index contributed by atoms with van der Waals surface area (Å²) in [7, 11) is 0. The van der Waals surface area contributed by atoms with Crippen molar-refractivity contribution < 1.29 is 5.21 Å². The van der Waals surface area contributed by atoms with E-state index < -0.39 is 0 Å². The van der Waals surface area contributed by atoms with Gasteiger partial charge in [-0.1, -0.05) is 62.2 Å². The molecule has 118 valence electrons. The molecular formula is C17H29N3O. The molecule has 3 N–H and O–H groups in total. The van der Waals surface area contributed by atoms with Gasteiger partial charge in [0.05, 0.1) is 0 Å². The van der Waals surface area contributed by atoms with E-state index in [1.54, 1.807) is 0 Å². The Labute approximate surface area is 128 Å². The summed E-state index contributed by atoms with van der Waals surface area (Å²) < 4.78 is 0. The molecule has 0 aromatic heterocycles. The van der Waals surface area contributed by atoms with E-state index in [-0.39, 0.29) is 6.04 Å². The predicted octanol–water partition coefficient (Wildman–Crippen LogP) is 3.77. The van der Waals surface area contributed by atoms with Crippen molar-refractivity contribution in [3.05, 3.63) is 35.9 Å². The van der Waals surface area contributed by atoms with E-state index in [9.17, 15) is 0 Å². The van der Waals surface area contributed by atoms with Gasteiger partial charge in [0.15, 0.2) is 0 Å². The molecule has 0 amide bonds. The molecule has 0 aliphatic heterocycles. The molecular weight excluding hydrogens is 262 g/mol. The molecule has 0 aliphatic carbocycles. The van der Waals surface area contributed by atoms with Gasteiger partial charge < -0.3 is 10.9 Å². The minimum atomic E-state index is 0.181. The van der Waals surface area contributed by atoms with Crippen molar-refractivity contribution in [2.75, 3.05) is 13.1 Å². The fraction of sp³-hybridized carbons (Fsp3) is 0.588. The Morgan fingerprint density at radius 2 is 1.71 bits per heavy atom. The third-order valence-electron chi connectivity index (χ3n) is 3.75. The first kappa shape index (κ1) is 17.5. The zero-order valence-corrected chi connectivity index (χ0v) is 13.3. The Morgan fingerprint density at radius 1 is 1.14 bits per heavy atom. The molecule has 0 fully saturated rings. The maximum Gasteiger partial charge on any atom is 0.141 e. The van der Waals surface area contributed by atoms with E-state index in [2.05, 4.69) is 36.0 Å². The molecule has 1 aromatic carbocycles. The third kappa shape index (κ3) is 6.17. The SMILES string of the molecule is CCCCN(CCCC)C(CC(N)=NO)c1ccccc1. The largest absolute Gasteiger partial charge is 0.409 e. The zero-order valence-electron chi connectivity index (χ0n) is 13.3. The summed E-state index contributed by atoms with van der Waals surface area (Å²) in [6.45, 7) is 6.52. The highest BCUT2D eigenvalue weighted by Crippen LogP contribution is 2.25. The fourth-order valence-electron chi connectivity index (χ4n) is 2.52. The Morgan fingerprint density at radius 3 is 2.19 bits per heavy atom. The van der Waals surface area contributed by atoms with Crippen molar-refractivity contribution >= 4 is 5.84 Å². The second-order valence-corrected chi connectivity index (χ2v) is 5.47.